The third-order valence-electron chi connectivity index (χ3n) is 3.17. The highest BCUT2D eigenvalue weighted by atomic mass is 19.4. The Morgan fingerprint density at radius 3 is 2.40 bits per heavy atom. The molecule has 9 heteroatoms. The van der Waals surface area contributed by atoms with Gasteiger partial charge in [-0.15, -0.1) is 13.2 Å². The fourth-order valence-corrected chi connectivity index (χ4v) is 2.03. The molecular weight excluding hydrogens is 337 g/mol. The first-order valence-corrected chi connectivity index (χ1v) is 7.03. The Labute approximate surface area is 139 Å². The van der Waals surface area contributed by atoms with E-state index < -0.39 is 12.3 Å². The summed E-state index contributed by atoms with van der Waals surface area (Å²) in [4.78, 5) is 16.3. The fraction of sp³-hybridized carbons (Fsp3) is 0.0625. The van der Waals surface area contributed by atoms with E-state index in [4.69, 9.17) is 0 Å². The number of alkyl halides is 3. The van der Waals surface area contributed by atoms with Crippen molar-refractivity contribution in [3.05, 3.63) is 60.6 Å². The monoisotopic (exact) mass is 348 g/mol. The first kappa shape index (κ1) is 16.5. The Hall–Kier alpha value is -3.36. The molecule has 2 heterocycles. The van der Waals surface area contributed by atoms with Crippen LogP contribution in [0.3, 0.4) is 0 Å². The van der Waals surface area contributed by atoms with Crippen LogP contribution in [0.15, 0.2) is 55.0 Å². The van der Waals surface area contributed by atoms with Gasteiger partial charge < -0.3 is 10.1 Å². The second-order valence-electron chi connectivity index (χ2n) is 4.95. The SMILES string of the molecule is O=C(Nc1ccc(OC(F)(F)F)cc1)c1ccc(-c2cn[nH]c2)nc1. The van der Waals surface area contributed by atoms with Crippen molar-refractivity contribution in [2.24, 2.45) is 0 Å². The van der Waals surface area contributed by atoms with E-state index in [-0.39, 0.29) is 5.75 Å². The van der Waals surface area contributed by atoms with Crippen molar-refractivity contribution in [1.29, 1.82) is 0 Å². The number of amides is 1. The van der Waals surface area contributed by atoms with Crippen LogP contribution in [0, 0.1) is 0 Å². The zero-order valence-electron chi connectivity index (χ0n) is 12.5. The van der Waals surface area contributed by atoms with Gasteiger partial charge in [0.25, 0.3) is 5.91 Å². The van der Waals surface area contributed by atoms with Crippen molar-refractivity contribution in [1.82, 2.24) is 15.2 Å². The van der Waals surface area contributed by atoms with E-state index in [1.807, 2.05) is 0 Å². The van der Waals surface area contributed by atoms with Gasteiger partial charge in [-0.1, -0.05) is 0 Å². The largest absolute Gasteiger partial charge is 0.573 e. The van der Waals surface area contributed by atoms with E-state index in [0.29, 0.717) is 16.9 Å². The molecule has 0 bridgehead atoms. The Balaban J connectivity index is 1.66. The van der Waals surface area contributed by atoms with Crippen LogP contribution in [0.4, 0.5) is 18.9 Å². The lowest BCUT2D eigenvalue weighted by atomic mass is 10.2. The number of nitrogens with one attached hydrogen (secondary N) is 2. The number of aromatic nitrogens is 3. The molecule has 0 fully saturated rings. The van der Waals surface area contributed by atoms with Gasteiger partial charge in [-0.3, -0.25) is 14.9 Å². The highest BCUT2D eigenvalue weighted by molar-refractivity contribution is 6.04. The molecule has 3 aromatic rings. The maximum Gasteiger partial charge on any atom is 0.573 e. The quantitative estimate of drug-likeness (QED) is 0.755. The zero-order valence-corrected chi connectivity index (χ0v) is 12.5. The lowest BCUT2D eigenvalue weighted by Crippen LogP contribution is -2.17. The fourth-order valence-electron chi connectivity index (χ4n) is 2.03. The van der Waals surface area contributed by atoms with E-state index in [1.165, 1.54) is 18.3 Å². The first-order chi connectivity index (χ1) is 11.9. The summed E-state index contributed by atoms with van der Waals surface area (Å²) in [5.41, 5.74) is 2.08. The van der Waals surface area contributed by atoms with Crippen LogP contribution in [-0.4, -0.2) is 27.5 Å². The summed E-state index contributed by atoms with van der Waals surface area (Å²) < 4.78 is 40.1. The van der Waals surface area contributed by atoms with Crippen molar-refractivity contribution >= 4 is 11.6 Å². The maximum absolute atomic E-state index is 12.1. The molecule has 2 aromatic heterocycles. The molecule has 128 valence electrons. The minimum atomic E-state index is -4.76. The van der Waals surface area contributed by atoms with E-state index in [1.54, 1.807) is 24.5 Å². The number of ether oxygens (including phenoxy) is 1. The molecule has 0 aliphatic rings. The van der Waals surface area contributed by atoms with Crippen molar-refractivity contribution in [3.63, 3.8) is 0 Å². The van der Waals surface area contributed by atoms with E-state index >= 15 is 0 Å². The number of halogens is 3. The molecule has 0 spiro atoms. The number of rotatable bonds is 4. The molecular formula is C16H11F3N4O2. The van der Waals surface area contributed by atoms with Crippen LogP contribution in [-0.2, 0) is 0 Å². The molecule has 0 saturated carbocycles. The standard InChI is InChI=1S/C16H11F3N4O2/c17-16(18,19)25-13-4-2-12(3-5-13)23-15(24)10-1-6-14(20-7-10)11-8-21-22-9-11/h1-9H,(H,21,22)(H,23,24). The van der Waals surface area contributed by atoms with Gasteiger partial charge in [-0.2, -0.15) is 5.10 Å². The first-order valence-electron chi connectivity index (χ1n) is 7.03. The van der Waals surface area contributed by atoms with Gasteiger partial charge in [0.2, 0.25) is 0 Å². The van der Waals surface area contributed by atoms with E-state index in [2.05, 4.69) is 25.2 Å². The van der Waals surface area contributed by atoms with Gasteiger partial charge in [0, 0.05) is 23.6 Å². The van der Waals surface area contributed by atoms with Crippen LogP contribution in [0.1, 0.15) is 10.4 Å². The van der Waals surface area contributed by atoms with E-state index in [0.717, 1.165) is 17.7 Å². The molecule has 1 aromatic carbocycles. The molecule has 0 atom stereocenters. The maximum atomic E-state index is 12.1. The average Bonchev–Trinajstić information content (AvgIpc) is 3.10. The number of H-pyrrole nitrogens is 1. The Morgan fingerprint density at radius 1 is 1.08 bits per heavy atom. The molecule has 1 amide bonds. The number of pyridine rings is 1. The van der Waals surface area contributed by atoms with Gasteiger partial charge in [-0.05, 0) is 36.4 Å². The molecule has 2 N–H and O–H groups in total. The predicted molar refractivity (Wildman–Crippen MR) is 82.9 cm³/mol. The summed E-state index contributed by atoms with van der Waals surface area (Å²) in [6.45, 7) is 0. The number of anilines is 1. The van der Waals surface area contributed by atoms with Crippen molar-refractivity contribution in [3.8, 4) is 17.0 Å². The number of hydrogen-bond acceptors (Lipinski definition) is 4. The lowest BCUT2D eigenvalue weighted by Gasteiger charge is -2.10. The highest BCUT2D eigenvalue weighted by Gasteiger charge is 2.30. The molecule has 6 nitrogen and oxygen atoms in total. The van der Waals surface area contributed by atoms with Crippen LogP contribution >= 0.6 is 0 Å². The summed E-state index contributed by atoms with van der Waals surface area (Å²) in [5.74, 6) is -0.799. The number of nitrogens with zero attached hydrogens (tertiary/aromatic N) is 2. The van der Waals surface area contributed by atoms with Gasteiger partial charge >= 0.3 is 6.36 Å². The van der Waals surface area contributed by atoms with Gasteiger partial charge in [0.1, 0.15) is 5.75 Å². The third-order valence-corrected chi connectivity index (χ3v) is 3.17. The molecule has 0 aliphatic heterocycles. The topological polar surface area (TPSA) is 79.9 Å². The second kappa shape index (κ2) is 6.63. The summed E-state index contributed by atoms with van der Waals surface area (Å²) >= 11 is 0. The summed E-state index contributed by atoms with van der Waals surface area (Å²) in [7, 11) is 0. The van der Waals surface area contributed by atoms with Crippen molar-refractivity contribution in [2.75, 3.05) is 5.32 Å². The molecule has 0 unspecified atom stereocenters. The number of carbonyl (C=O) groups is 1. The van der Waals surface area contributed by atoms with Gasteiger partial charge in [0.05, 0.1) is 17.5 Å². The molecule has 0 aliphatic carbocycles. The normalized spacial score (nSPS) is 11.2. The highest BCUT2D eigenvalue weighted by Crippen LogP contribution is 2.24. The van der Waals surface area contributed by atoms with Crippen LogP contribution in [0.25, 0.3) is 11.3 Å². The third kappa shape index (κ3) is 4.34. The Kier molecular flexibility index (Phi) is 4.38. The van der Waals surface area contributed by atoms with E-state index in [9.17, 15) is 18.0 Å². The average molecular weight is 348 g/mol. The molecule has 3 rings (SSSR count). The predicted octanol–water partition coefficient (Wildman–Crippen LogP) is 3.62. The zero-order chi connectivity index (χ0) is 17.9. The van der Waals surface area contributed by atoms with Crippen LogP contribution < -0.4 is 10.1 Å². The summed E-state index contributed by atoms with van der Waals surface area (Å²) in [6, 6.07) is 8.11. The van der Waals surface area contributed by atoms with Crippen LogP contribution in [0.5, 0.6) is 5.75 Å². The smallest absolute Gasteiger partial charge is 0.406 e. The van der Waals surface area contributed by atoms with Gasteiger partial charge in [-0.25, -0.2) is 0 Å². The number of benzene rings is 1. The minimum absolute atomic E-state index is 0.308. The Morgan fingerprint density at radius 2 is 1.84 bits per heavy atom. The van der Waals surface area contributed by atoms with Crippen molar-refractivity contribution in [2.45, 2.75) is 6.36 Å². The number of aromatic amines is 1. The second-order valence-corrected chi connectivity index (χ2v) is 4.95. The molecule has 25 heavy (non-hydrogen) atoms. The summed E-state index contributed by atoms with van der Waals surface area (Å²) in [6.07, 6.45) is -0.0781. The van der Waals surface area contributed by atoms with Crippen LogP contribution in [0.2, 0.25) is 0 Å². The number of hydrogen-bond donors (Lipinski definition) is 2. The van der Waals surface area contributed by atoms with Gasteiger partial charge in [0.15, 0.2) is 0 Å². The van der Waals surface area contributed by atoms with Crippen molar-refractivity contribution < 1.29 is 22.7 Å². The molecule has 0 saturated heterocycles. The molecule has 0 radical (unpaired) electrons. The minimum Gasteiger partial charge on any atom is -0.406 e. The number of carbonyl (C=O) groups excluding carboxylic acids is 1. The Bertz CT molecular complexity index is 845. The lowest BCUT2D eigenvalue weighted by molar-refractivity contribution is -0.274. The summed E-state index contributed by atoms with van der Waals surface area (Å²) in [5, 5.41) is 9.05.